The Kier molecular flexibility index (Phi) is 3.13. The van der Waals surface area contributed by atoms with Gasteiger partial charge in [-0.2, -0.15) is 5.10 Å². The van der Waals surface area contributed by atoms with Crippen LogP contribution in [0.1, 0.15) is 27.7 Å². The van der Waals surface area contributed by atoms with E-state index in [1.54, 1.807) is 48.3 Å². The number of H-pyrrole nitrogens is 1. The van der Waals surface area contributed by atoms with Gasteiger partial charge in [0.05, 0.1) is 11.7 Å². The maximum Gasteiger partial charge on any atom is 0.272 e. The summed E-state index contributed by atoms with van der Waals surface area (Å²) in [5, 5.41) is 16.6. The average Bonchev–Trinajstić information content (AvgIpc) is 3.10. The van der Waals surface area contributed by atoms with E-state index in [0.29, 0.717) is 11.4 Å². The van der Waals surface area contributed by atoms with E-state index in [0.717, 1.165) is 16.7 Å². The first kappa shape index (κ1) is 14.4. The first-order valence-corrected chi connectivity index (χ1v) is 7.46. The predicted molar refractivity (Wildman–Crippen MR) is 86.0 cm³/mol. The molecule has 0 spiro atoms. The molecule has 5 nitrogen and oxygen atoms in total. The highest BCUT2D eigenvalue weighted by molar-refractivity contribution is 5.99. The second kappa shape index (κ2) is 5.19. The Hall–Kier alpha value is -3.15. The summed E-state index contributed by atoms with van der Waals surface area (Å²) in [5.41, 5.74) is 3.43. The molecule has 0 saturated heterocycles. The average molecular weight is 323 g/mol. The van der Waals surface area contributed by atoms with Gasteiger partial charge in [0.1, 0.15) is 17.3 Å². The lowest BCUT2D eigenvalue weighted by Gasteiger charge is -2.22. The van der Waals surface area contributed by atoms with E-state index in [1.165, 1.54) is 12.1 Å². The number of hydrogen-bond donors (Lipinski definition) is 2. The van der Waals surface area contributed by atoms with Crippen LogP contribution in [0.4, 0.5) is 4.39 Å². The van der Waals surface area contributed by atoms with Crippen LogP contribution in [-0.2, 0) is 0 Å². The minimum atomic E-state index is -0.325. The molecule has 1 atom stereocenters. The molecule has 6 heteroatoms. The van der Waals surface area contributed by atoms with Gasteiger partial charge < -0.3 is 10.0 Å². The number of amides is 1. The van der Waals surface area contributed by atoms with E-state index in [9.17, 15) is 14.3 Å². The van der Waals surface area contributed by atoms with E-state index < -0.39 is 0 Å². The van der Waals surface area contributed by atoms with Crippen LogP contribution in [-0.4, -0.2) is 33.2 Å². The summed E-state index contributed by atoms with van der Waals surface area (Å²) in [6, 6.07) is 12.4. The van der Waals surface area contributed by atoms with Crippen molar-refractivity contribution in [2.24, 2.45) is 0 Å². The van der Waals surface area contributed by atoms with Gasteiger partial charge >= 0.3 is 0 Å². The number of nitrogens with zero attached hydrogens (tertiary/aromatic N) is 2. The van der Waals surface area contributed by atoms with Crippen LogP contribution in [0.3, 0.4) is 0 Å². The van der Waals surface area contributed by atoms with Crippen molar-refractivity contribution in [1.29, 1.82) is 0 Å². The Balaban J connectivity index is 1.88. The number of halogens is 1. The van der Waals surface area contributed by atoms with E-state index in [1.807, 2.05) is 0 Å². The minimum absolute atomic E-state index is 0.149. The number of carbonyl (C=O) groups excluding carboxylic acids is 1. The highest BCUT2D eigenvalue weighted by Crippen LogP contribution is 2.41. The molecule has 0 saturated carbocycles. The summed E-state index contributed by atoms with van der Waals surface area (Å²) in [6.45, 7) is 0. The maximum absolute atomic E-state index is 13.2. The third-order valence-corrected chi connectivity index (χ3v) is 4.33. The minimum Gasteiger partial charge on any atom is -0.508 e. The van der Waals surface area contributed by atoms with Gasteiger partial charge in [0.2, 0.25) is 0 Å². The van der Waals surface area contributed by atoms with Crippen LogP contribution < -0.4 is 0 Å². The number of benzene rings is 2. The number of carbonyl (C=O) groups is 1. The zero-order valence-corrected chi connectivity index (χ0v) is 12.8. The molecule has 1 amide bonds. The van der Waals surface area contributed by atoms with Crippen molar-refractivity contribution in [1.82, 2.24) is 15.1 Å². The number of aromatic amines is 1. The van der Waals surface area contributed by atoms with Crippen molar-refractivity contribution in [3.63, 3.8) is 0 Å². The number of aromatic nitrogens is 2. The predicted octanol–water partition coefficient (Wildman–Crippen LogP) is 3.10. The number of rotatable bonds is 2. The lowest BCUT2D eigenvalue weighted by Crippen LogP contribution is -2.24. The molecule has 120 valence electrons. The Morgan fingerprint density at radius 2 is 1.79 bits per heavy atom. The summed E-state index contributed by atoms with van der Waals surface area (Å²) in [4.78, 5) is 14.1. The Labute approximate surface area is 137 Å². The van der Waals surface area contributed by atoms with Crippen LogP contribution >= 0.6 is 0 Å². The maximum atomic E-state index is 13.2. The van der Waals surface area contributed by atoms with Crippen LogP contribution in [0, 0.1) is 5.82 Å². The fourth-order valence-corrected chi connectivity index (χ4v) is 3.14. The second-order valence-electron chi connectivity index (χ2n) is 5.78. The monoisotopic (exact) mass is 323 g/mol. The molecule has 0 unspecified atom stereocenters. The lowest BCUT2D eigenvalue weighted by molar-refractivity contribution is 0.0788. The lowest BCUT2D eigenvalue weighted by atomic mass is 9.96. The van der Waals surface area contributed by atoms with Gasteiger partial charge in [0, 0.05) is 18.2 Å². The second-order valence-corrected chi connectivity index (χ2v) is 5.78. The molecule has 1 aliphatic heterocycles. The van der Waals surface area contributed by atoms with Gasteiger partial charge in [-0.1, -0.05) is 12.1 Å². The quantitative estimate of drug-likeness (QED) is 0.761. The van der Waals surface area contributed by atoms with Gasteiger partial charge in [0.15, 0.2) is 0 Å². The van der Waals surface area contributed by atoms with Crippen LogP contribution in [0.15, 0.2) is 48.5 Å². The standard InChI is InChI=1S/C18H14FN3O2/c1-22-17(11-4-8-13(23)9-5-11)14-15(20-21-16(14)18(22)24)10-2-6-12(19)7-3-10/h2-9,17,23H,1H3,(H,20,21)/t17-/m1/s1. The third kappa shape index (κ3) is 2.07. The summed E-state index contributed by atoms with van der Waals surface area (Å²) < 4.78 is 13.2. The Morgan fingerprint density at radius 1 is 1.12 bits per heavy atom. The van der Waals surface area contributed by atoms with Crippen molar-refractivity contribution < 1.29 is 14.3 Å². The summed E-state index contributed by atoms with van der Waals surface area (Å²) in [6.07, 6.45) is 0. The van der Waals surface area contributed by atoms with Gasteiger partial charge in [-0.3, -0.25) is 9.89 Å². The normalized spacial score (nSPS) is 16.5. The smallest absolute Gasteiger partial charge is 0.272 e. The molecule has 0 fully saturated rings. The number of phenolic OH excluding ortho intramolecular Hbond substituents is 1. The summed E-state index contributed by atoms with van der Waals surface area (Å²) in [7, 11) is 1.72. The summed E-state index contributed by atoms with van der Waals surface area (Å²) in [5.74, 6) is -0.310. The highest BCUT2D eigenvalue weighted by atomic mass is 19.1. The molecule has 0 radical (unpaired) electrons. The molecule has 3 aromatic rings. The van der Waals surface area contributed by atoms with Gasteiger partial charge in [0.25, 0.3) is 5.91 Å². The van der Waals surface area contributed by atoms with E-state index >= 15 is 0 Å². The fourth-order valence-electron chi connectivity index (χ4n) is 3.14. The number of aromatic hydroxyl groups is 1. The van der Waals surface area contributed by atoms with E-state index in [2.05, 4.69) is 10.2 Å². The Bertz CT molecular complexity index is 916. The van der Waals surface area contributed by atoms with Crippen LogP contribution in [0.5, 0.6) is 5.75 Å². The molecule has 2 N–H and O–H groups in total. The molecule has 2 aromatic carbocycles. The molecule has 0 bridgehead atoms. The van der Waals surface area contributed by atoms with Gasteiger partial charge in [-0.05, 0) is 42.0 Å². The zero-order valence-electron chi connectivity index (χ0n) is 12.8. The molecule has 1 aliphatic rings. The van der Waals surface area contributed by atoms with Crippen molar-refractivity contribution in [2.75, 3.05) is 7.05 Å². The molecule has 2 heterocycles. The number of nitrogens with one attached hydrogen (secondary N) is 1. The van der Waals surface area contributed by atoms with E-state index in [4.69, 9.17) is 0 Å². The molecule has 24 heavy (non-hydrogen) atoms. The molecular weight excluding hydrogens is 309 g/mol. The number of fused-ring (bicyclic) bond motifs is 1. The van der Waals surface area contributed by atoms with Crippen molar-refractivity contribution >= 4 is 5.91 Å². The third-order valence-electron chi connectivity index (χ3n) is 4.33. The van der Waals surface area contributed by atoms with Gasteiger partial charge in [-0.15, -0.1) is 0 Å². The number of phenols is 1. The first-order chi connectivity index (χ1) is 11.6. The van der Waals surface area contributed by atoms with Crippen LogP contribution in [0.2, 0.25) is 0 Å². The zero-order chi connectivity index (χ0) is 16.8. The van der Waals surface area contributed by atoms with Crippen molar-refractivity contribution in [3.05, 3.63) is 71.2 Å². The molecule has 0 aliphatic carbocycles. The van der Waals surface area contributed by atoms with Crippen LogP contribution in [0.25, 0.3) is 11.3 Å². The largest absolute Gasteiger partial charge is 0.508 e. The topological polar surface area (TPSA) is 69.2 Å². The van der Waals surface area contributed by atoms with Gasteiger partial charge in [-0.25, -0.2) is 4.39 Å². The van der Waals surface area contributed by atoms with Crippen molar-refractivity contribution in [2.45, 2.75) is 6.04 Å². The molecule has 4 rings (SSSR count). The summed E-state index contributed by atoms with van der Waals surface area (Å²) >= 11 is 0. The van der Waals surface area contributed by atoms with E-state index in [-0.39, 0.29) is 23.5 Å². The first-order valence-electron chi connectivity index (χ1n) is 7.46. The number of hydrogen-bond acceptors (Lipinski definition) is 3. The highest BCUT2D eigenvalue weighted by Gasteiger charge is 2.40. The molecule has 1 aromatic heterocycles. The fraction of sp³-hybridized carbons (Fsp3) is 0.111. The Morgan fingerprint density at radius 3 is 2.46 bits per heavy atom. The van der Waals surface area contributed by atoms with Crippen molar-refractivity contribution in [3.8, 4) is 17.0 Å². The SMILES string of the molecule is CN1C(=O)c2[nH]nc(-c3ccc(F)cc3)c2[C@H]1c1ccc(O)cc1. The molecular formula is C18H14FN3O2.